The molecule has 1 saturated heterocycles. The molecule has 0 aromatic heterocycles. The van der Waals surface area contributed by atoms with E-state index in [-0.39, 0.29) is 40.3 Å². The second-order valence-electron chi connectivity index (χ2n) is 18.2. The number of carbonyl (C=O) groups is 1. The topological polar surface area (TPSA) is 155 Å². The van der Waals surface area contributed by atoms with Crippen molar-refractivity contribution in [3.05, 3.63) is 11.3 Å². The molecule has 5 fully saturated rings. The lowest BCUT2D eigenvalue weighted by Gasteiger charge is -2.63. The number of hydrogen-bond acceptors (Lipinski definition) is 10. The van der Waals surface area contributed by atoms with Gasteiger partial charge in [0.25, 0.3) is 0 Å². The van der Waals surface area contributed by atoms with Crippen LogP contribution >= 0.6 is 0 Å². The van der Waals surface area contributed by atoms with E-state index in [4.69, 9.17) is 18.9 Å². The monoisotopic (exact) mass is 662 g/mol. The summed E-state index contributed by atoms with van der Waals surface area (Å²) in [6.07, 6.45) is 0.627. The highest BCUT2D eigenvalue weighted by molar-refractivity contribution is 5.66. The fraction of sp³-hybridized carbons (Fsp3) is 0.919. The number of allylic oxidation sites excluding steroid dienone is 1. The third kappa shape index (κ3) is 4.43. The maximum atomic E-state index is 12.5. The molecule has 10 nitrogen and oxygen atoms in total. The summed E-state index contributed by atoms with van der Waals surface area (Å²) in [5.74, 6) is 1.00. The van der Waals surface area contributed by atoms with Crippen LogP contribution in [0.3, 0.4) is 0 Å². The summed E-state index contributed by atoms with van der Waals surface area (Å²) in [6, 6.07) is 0. The second kappa shape index (κ2) is 10.6. The molecule has 1 unspecified atom stereocenters. The molecule has 7 rings (SSSR count). The number of fused-ring (bicyclic) bond motifs is 3. The minimum Gasteiger partial charge on any atom is -0.488 e. The lowest BCUT2D eigenvalue weighted by molar-refractivity contribution is -0.303. The molecule has 0 amide bonds. The predicted molar refractivity (Wildman–Crippen MR) is 170 cm³/mol. The van der Waals surface area contributed by atoms with Gasteiger partial charge in [-0.15, -0.1) is 0 Å². The van der Waals surface area contributed by atoms with E-state index in [0.29, 0.717) is 24.0 Å². The molecular weight excluding hydrogens is 604 g/mol. The van der Waals surface area contributed by atoms with Crippen LogP contribution in [0.1, 0.15) is 107 Å². The van der Waals surface area contributed by atoms with Gasteiger partial charge in [-0.3, -0.25) is 4.79 Å². The Balaban J connectivity index is 1.15. The van der Waals surface area contributed by atoms with Gasteiger partial charge in [0.2, 0.25) is 0 Å². The molecule has 0 aromatic rings. The van der Waals surface area contributed by atoms with Crippen molar-refractivity contribution in [3.63, 3.8) is 0 Å². The van der Waals surface area contributed by atoms with Crippen molar-refractivity contribution in [3.8, 4) is 0 Å². The Morgan fingerprint density at radius 3 is 2.28 bits per heavy atom. The molecular formula is C37H58O10. The Hall–Kier alpha value is -1.27. The molecule has 5 aliphatic carbocycles. The van der Waals surface area contributed by atoms with Crippen LogP contribution in [0.2, 0.25) is 0 Å². The molecule has 266 valence electrons. The van der Waals surface area contributed by atoms with Crippen molar-refractivity contribution >= 4 is 5.97 Å². The molecule has 47 heavy (non-hydrogen) atoms. The summed E-state index contributed by atoms with van der Waals surface area (Å²) >= 11 is 0. The minimum absolute atomic E-state index is 0.0723. The van der Waals surface area contributed by atoms with Crippen LogP contribution < -0.4 is 0 Å². The van der Waals surface area contributed by atoms with Crippen molar-refractivity contribution in [2.45, 2.75) is 161 Å². The van der Waals surface area contributed by atoms with Crippen LogP contribution in [0.25, 0.3) is 0 Å². The van der Waals surface area contributed by atoms with Crippen LogP contribution in [0.5, 0.6) is 0 Å². The molecule has 2 heterocycles. The van der Waals surface area contributed by atoms with Crippen LogP contribution in [0.15, 0.2) is 11.3 Å². The largest absolute Gasteiger partial charge is 0.488 e. The zero-order valence-corrected chi connectivity index (χ0v) is 29.5. The van der Waals surface area contributed by atoms with Gasteiger partial charge >= 0.3 is 5.97 Å². The van der Waals surface area contributed by atoms with Crippen molar-refractivity contribution in [2.24, 2.45) is 44.8 Å². The third-order valence-electron chi connectivity index (χ3n) is 15.3. The number of aliphatic hydroxyl groups is 5. The molecule has 2 aliphatic heterocycles. The van der Waals surface area contributed by atoms with Crippen LogP contribution in [0, 0.1) is 44.8 Å². The SMILES string of the molecule is CC(=O)O[C@@H]([C@H]1C[C@@H](C)C2=C(O1)[C@H](O)[C@@]1(C)[C@@H]3CC[C@H]4C(C)(C)[C@@H](O[C@@H]5OC[C@@H](O)[C@H](O)[C@H]5O)CCC45C[C@@]35CC[C@]21C)C(C)(C)O. The number of ether oxygens (including phenoxy) is 4. The summed E-state index contributed by atoms with van der Waals surface area (Å²) in [6.45, 7) is 16.0. The van der Waals surface area contributed by atoms with Gasteiger partial charge in [0, 0.05) is 17.8 Å². The first kappa shape index (κ1) is 34.2. The summed E-state index contributed by atoms with van der Waals surface area (Å²) in [4.78, 5) is 12.0. The van der Waals surface area contributed by atoms with E-state index < -0.39 is 59.9 Å². The molecule has 4 saturated carbocycles. The number of rotatable bonds is 5. The number of esters is 1. The molecule has 10 heteroatoms. The summed E-state index contributed by atoms with van der Waals surface area (Å²) in [5.41, 5.74) is -0.669. The average Bonchev–Trinajstić information content (AvgIpc) is 3.61. The Morgan fingerprint density at radius 1 is 0.957 bits per heavy atom. The zero-order valence-electron chi connectivity index (χ0n) is 29.5. The normalized spacial score (nSPS) is 52.2. The molecule has 5 N–H and O–H groups in total. The van der Waals surface area contributed by atoms with Crippen LogP contribution in [-0.2, 0) is 23.7 Å². The van der Waals surface area contributed by atoms with E-state index in [9.17, 15) is 30.3 Å². The smallest absolute Gasteiger partial charge is 0.303 e. The van der Waals surface area contributed by atoms with E-state index in [1.807, 2.05) is 0 Å². The number of hydrogen-bond donors (Lipinski definition) is 5. The van der Waals surface area contributed by atoms with E-state index in [2.05, 4.69) is 34.6 Å². The molecule has 15 atom stereocenters. The van der Waals surface area contributed by atoms with Gasteiger partial charge in [0.05, 0.1) is 18.3 Å². The summed E-state index contributed by atoms with van der Waals surface area (Å²) in [5, 5.41) is 54.3. The lowest BCUT2D eigenvalue weighted by atomic mass is 9.41. The van der Waals surface area contributed by atoms with Gasteiger partial charge < -0.3 is 44.5 Å². The lowest BCUT2D eigenvalue weighted by Crippen LogP contribution is -2.61. The van der Waals surface area contributed by atoms with E-state index in [0.717, 1.165) is 44.9 Å². The maximum Gasteiger partial charge on any atom is 0.303 e. The van der Waals surface area contributed by atoms with E-state index in [1.54, 1.807) is 13.8 Å². The van der Waals surface area contributed by atoms with Crippen molar-refractivity contribution in [1.82, 2.24) is 0 Å². The minimum atomic E-state index is -1.31. The first-order valence-corrected chi connectivity index (χ1v) is 18.1. The molecule has 0 radical (unpaired) electrons. The van der Waals surface area contributed by atoms with Crippen molar-refractivity contribution in [2.75, 3.05) is 6.61 Å². The molecule has 0 bridgehead atoms. The highest BCUT2D eigenvalue weighted by atomic mass is 16.7. The second-order valence-corrected chi connectivity index (χ2v) is 18.2. The third-order valence-corrected chi connectivity index (χ3v) is 15.3. The van der Waals surface area contributed by atoms with Gasteiger partial charge in [-0.05, 0) is 105 Å². The highest BCUT2D eigenvalue weighted by Crippen LogP contribution is 2.89. The van der Waals surface area contributed by atoms with E-state index >= 15 is 0 Å². The summed E-state index contributed by atoms with van der Waals surface area (Å²) in [7, 11) is 0. The fourth-order valence-corrected chi connectivity index (χ4v) is 13.0. The van der Waals surface area contributed by atoms with Crippen LogP contribution in [-0.4, -0.2) is 92.7 Å². The first-order chi connectivity index (χ1) is 21.8. The van der Waals surface area contributed by atoms with Crippen molar-refractivity contribution < 1.29 is 49.3 Å². The number of carbonyl (C=O) groups excluding carboxylic acids is 1. The quantitative estimate of drug-likeness (QED) is 0.218. The van der Waals surface area contributed by atoms with Gasteiger partial charge in [0.1, 0.15) is 36.3 Å². The molecule has 2 spiro atoms. The predicted octanol–water partition coefficient (Wildman–Crippen LogP) is 3.60. The standard InChI is InChI=1S/C37H58O10/c1-18-15-21(30(33(5,6)43)45-19(2)38)46-28-25(18)34(7)13-14-37-17-36(37)12-11-24(47-31-27(41)26(40)20(39)16-44-31)32(3,4)22(36)9-10-23(37)35(34,8)29(28)42/h18,20-24,26-27,29-31,39-43H,9-17H2,1-8H3/t18-,20-,21-,22+,23+,24+,26+,27-,29+,30+,31+,34-,35-,36?,37+/m1/s1. The van der Waals surface area contributed by atoms with E-state index in [1.165, 1.54) is 12.5 Å². The van der Waals surface area contributed by atoms with Gasteiger partial charge in [-0.2, -0.15) is 0 Å². The summed E-state index contributed by atoms with van der Waals surface area (Å²) < 4.78 is 24.4. The maximum absolute atomic E-state index is 12.5. The first-order valence-electron chi connectivity index (χ1n) is 18.1. The van der Waals surface area contributed by atoms with Gasteiger partial charge in [-0.1, -0.05) is 34.6 Å². The number of aliphatic hydroxyl groups excluding tert-OH is 4. The Morgan fingerprint density at radius 2 is 1.62 bits per heavy atom. The molecule has 0 aromatic carbocycles. The zero-order chi connectivity index (χ0) is 34.3. The Labute approximate surface area is 279 Å². The van der Waals surface area contributed by atoms with Crippen molar-refractivity contribution in [1.29, 1.82) is 0 Å². The average molecular weight is 663 g/mol. The molecule has 7 aliphatic rings. The van der Waals surface area contributed by atoms with Gasteiger partial charge in [0.15, 0.2) is 12.4 Å². The fourth-order valence-electron chi connectivity index (χ4n) is 13.0. The Kier molecular flexibility index (Phi) is 7.73. The Bertz CT molecular complexity index is 1320. The van der Waals surface area contributed by atoms with Gasteiger partial charge in [-0.25, -0.2) is 0 Å². The highest BCUT2D eigenvalue weighted by Gasteiger charge is 2.83. The van der Waals surface area contributed by atoms with Crippen LogP contribution in [0.4, 0.5) is 0 Å².